The van der Waals surface area contributed by atoms with E-state index in [2.05, 4.69) is 5.32 Å². The lowest BCUT2D eigenvalue weighted by Crippen LogP contribution is -2.50. The smallest absolute Gasteiger partial charge is 0.129 e. The molecular weight excluding hydrogens is 253 g/mol. The summed E-state index contributed by atoms with van der Waals surface area (Å²) in [5, 5.41) is 3.77. The number of rotatable bonds is 5. The van der Waals surface area contributed by atoms with E-state index in [-0.39, 0.29) is 17.5 Å². The maximum atomic E-state index is 14.1. The van der Waals surface area contributed by atoms with Crippen molar-refractivity contribution in [2.24, 2.45) is 0 Å². The highest BCUT2D eigenvalue weighted by Gasteiger charge is 2.45. The molecule has 1 fully saturated rings. The Morgan fingerprint density at radius 1 is 1.50 bits per heavy atom. The molecule has 1 saturated carbocycles. The van der Waals surface area contributed by atoms with Gasteiger partial charge in [0, 0.05) is 17.7 Å². The topological polar surface area (TPSA) is 21.3 Å². The van der Waals surface area contributed by atoms with E-state index in [9.17, 15) is 4.39 Å². The Labute approximate surface area is 112 Å². The maximum Gasteiger partial charge on any atom is 0.129 e. The number of benzene rings is 1. The predicted molar refractivity (Wildman–Crippen MR) is 71.4 cm³/mol. The first kappa shape index (κ1) is 13.8. The van der Waals surface area contributed by atoms with Crippen LogP contribution in [0.2, 0.25) is 5.02 Å². The van der Waals surface area contributed by atoms with Crippen LogP contribution in [0.5, 0.6) is 0 Å². The highest BCUT2D eigenvalue weighted by atomic mass is 35.5. The van der Waals surface area contributed by atoms with Crippen molar-refractivity contribution in [1.82, 2.24) is 5.32 Å². The Balaban J connectivity index is 2.34. The predicted octanol–water partition coefficient (Wildman–Crippen LogP) is 3.70. The molecule has 0 radical (unpaired) electrons. The van der Waals surface area contributed by atoms with E-state index in [4.69, 9.17) is 16.3 Å². The van der Waals surface area contributed by atoms with E-state index in [1.165, 1.54) is 6.07 Å². The Morgan fingerprint density at radius 3 is 2.67 bits per heavy atom. The molecule has 4 heteroatoms. The molecule has 0 aromatic heterocycles. The van der Waals surface area contributed by atoms with Gasteiger partial charge in [-0.3, -0.25) is 0 Å². The first-order valence-electron chi connectivity index (χ1n) is 6.36. The molecule has 0 amide bonds. The summed E-state index contributed by atoms with van der Waals surface area (Å²) in [5.74, 6) is -0.267. The van der Waals surface area contributed by atoms with Gasteiger partial charge in [0.1, 0.15) is 5.82 Å². The zero-order chi connectivity index (χ0) is 13.2. The highest BCUT2D eigenvalue weighted by Crippen LogP contribution is 2.45. The highest BCUT2D eigenvalue weighted by molar-refractivity contribution is 6.30. The summed E-state index contributed by atoms with van der Waals surface area (Å²) in [6.45, 7) is 2.79. The molecule has 1 atom stereocenters. The van der Waals surface area contributed by atoms with Crippen molar-refractivity contribution in [3.05, 3.63) is 34.6 Å². The average Bonchev–Trinajstić information content (AvgIpc) is 2.27. The molecule has 1 aliphatic rings. The molecule has 2 rings (SSSR count). The van der Waals surface area contributed by atoms with Gasteiger partial charge in [0.25, 0.3) is 0 Å². The molecule has 0 heterocycles. The summed E-state index contributed by atoms with van der Waals surface area (Å²) in [7, 11) is 1.71. The molecule has 0 spiro atoms. The Kier molecular flexibility index (Phi) is 4.25. The van der Waals surface area contributed by atoms with Crippen molar-refractivity contribution in [3.63, 3.8) is 0 Å². The minimum absolute atomic E-state index is 0.112. The molecule has 1 aliphatic carbocycles. The van der Waals surface area contributed by atoms with Crippen LogP contribution in [-0.2, 0) is 4.74 Å². The van der Waals surface area contributed by atoms with E-state index < -0.39 is 0 Å². The second-order valence-electron chi connectivity index (χ2n) is 4.78. The Bertz CT molecular complexity index is 415. The zero-order valence-corrected chi connectivity index (χ0v) is 11.6. The molecular formula is C14H19ClFNO. The largest absolute Gasteiger partial charge is 0.376 e. The fourth-order valence-corrected chi connectivity index (χ4v) is 2.81. The van der Waals surface area contributed by atoms with E-state index in [0.717, 1.165) is 25.8 Å². The second-order valence-corrected chi connectivity index (χ2v) is 5.22. The third-order valence-corrected chi connectivity index (χ3v) is 4.05. The maximum absolute atomic E-state index is 14.1. The summed E-state index contributed by atoms with van der Waals surface area (Å²) in [6, 6.07) is 4.73. The van der Waals surface area contributed by atoms with E-state index in [1.54, 1.807) is 19.2 Å². The summed E-state index contributed by atoms with van der Waals surface area (Å²) in [6.07, 6.45) is 3.05. The van der Waals surface area contributed by atoms with Gasteiger partial charge < -0.3 is 10.1 Å². The number of halogens is 2. The minimum Gasteiger partial charge on any atom is -0.376 e. The zero-order valence-electron chi connectivity index (χ0n) is 10.8. The van der Waals surface area contributed by atoms with Crippen LogP contribution in [0.15, 0.2) is 18.2 Å². The van der Waals surface area contributed by atoms with Crippen LogP contribution in [-0.4, -0.2) is 19.3 Å². The first-order valence-corrected chi connectivity index (χ1v) is 6.74. The van der Waals surface area contributed by atoms with E-state index >= 15 is 0 Å². The fraction of sp³-hybridized carbons (Fsp3) is 0.571. The van der Waals surface area contributed by atoms with Crippen molar-refractivity contribution in [1.29, 1.82) is 0 Å². The van der Waals surface area contributed by atoms with Crippen LogP contribution >= 0.6 is 11.6 Å². The molecule has 1 aromatic carbocycles. The van der Waals surface area contributed by atoms with Crippen molar-refractivity contribution in [2.75, 3.05) is 13.7 Å². The number of hydrogen-bond acceptors (Lipinski definition) is 2. The molecule has 0 saturated heterocycles. The van der Waals surface area contributed by atoms with Crippen molar-refractivity contribution < 1.29 is 9.13 Å². The quantitative estimate of drug-likeness (QED) is 0.882. The van der Waals surface area contributed by atoms with Gasteiger partial charge in [0.05, 0.1) is 11.6 Å². The van der Waals surface area contributed by atoms with Crippen molar-refractivity contribution >= 4 is 11.6 Å². The molecule has 1 unspecified atom stereocenters. The molecule has 2 nitrogen and oxygen atoms in total. The molecule has 0 bridgehead atoms. The van der Waals surface area contributed by atoms with Gasteiger partial charge in [0.15, 0.2) is 0 Å². The van der Waals surface area contributed by atoms with Crippen LogP contribution in [0.4, 0.5) is 4.39 Å². The third-order valence-electron chi connectivity index (χ3n) is 3.81. The standard InChI is InChI=1S/C14H19ClFNO/c1-3-17-13(14(18-2)7-4-8-14)11-6-5-10(15)9-12(11)16/h5-6,9,13,17H,3-4,7-8H2,1-2H3. The fourth-order valence-electron chi connectivity index (χ4n) is 2.65. The Hall–Kier alpha value is -0.640. The minimum atomic E-state index is -0.273. The number of likely N-dealkylation sites (N-methyl/N-ethyl adjacent to an activating group) is 1. The van der Waals surface area contributed by atoms with Gasteiger partial charge in [-0.15, -0.1) is 0 Å². The summed E-state index contributed by atoms with van der Waals surface area (Å²) < 4.78 is 19.7. The molecule has 1 aromatic rings. The van der Waals surface area contributed by atoms with Gasteiger partial charge in [-0.2, -0.15) is 0 Å². The number of ether oxygens (including phenoxy) is 1. The first-order chi connectivity index (χ1) is 8.63. The molecule has 1 N–H and O–H groups in total. The summed E-state index contributed by atoms with van der Waals surface area (Å²) >= 11 is 5.80. The van der Waals surface area contributed by atoms with Gasteiger partial charge in [0.2, 0.25) is 0 Å². The van der Waals surface area contributed by atoms with Crippen LogP contribution in [0.3, 0.4) is 0 Å². The van der Waals surface area contributed by atoms with Crippen molar-refractivity contribution in [2.45, 2.75) is 37.8 Å². The van der Waals surface area contributed by atoms with E-state index in [0.29, 0.717) is 10.6 Å². The van der Waals surface area contributed by atoms with Gasteiger partial charge in [-0.05, 0) is 37.9 Å². The summed E-state index contributed by atoms with van der Waals surface area (Å²) in [5.41, 5.74) is 0.368. The van der Waals surface area contributed by atoms with E-state index in [1.807, 2.05) is 6.92 Å². The number of nitrogens with one attached hydrogen (secondary N) is 1. The van der Waals surface area contributed by atoms with Gasteiger partial charge >= 0.3 is 0 Å². The van der Waals surface area contributed by atoms with Gasteiger partial charge in [-0.1, -0.05) is 24.6 Å². The molecule has 100 valence electrons. The normalized spacial score (nSPS) is 19.3. The monoisotopic (exact) mass is 271 g/mol. The molecule has 0 aliphatic heterocycles. The van der Waals surface area contributed by atoms with Gasteiger partial charge in [-0.25, -0.2) is 4.39 Å². The SMILES string of the molecule is CCNC(c1ccc(Cl)cc1F)C1(OC)CCC1. The number of hydrogen-bond donors (Lipinski definition) is 1. The lowest BCUT2D eigenvalue weighted by Gasteiger charge is -2.47. The van der Waals surface area contributed by atoms with Crippen LogP contribution in [0.1, 0.15) is 37.8 Å². The molecule has 18 heavy (non-hydrogen) atoms. The average molecular weight is 272 g/mol. The number of methoxy groups -OCH3 is 1. The third kappa shape index (κ3) is 2.40. The second kappa shape index (κ2) is 5.55. The lowest BCUT2D eigenvalue weighted by atomic mass is 9.72. The van der Waals surface area contributed by atoms with Crippen molar-refractivity contribution in [3.8, 4) is 0 Å². The Morgan fingerprint density at radius 2 is 2.22 bits per heavy atom. The lowest BCUT2D eigenvalue weighted by molar-refractivity contribution is -0.100. The van der Waals surface area contributed by atoms with Crippen LogP contribution in [0, 0.1) is 5.82 Å². The van der Waals surface area contributed by atoms with Crippen LogP contribution < -0.4 is 5.32 Å². The van der Waals surface area contributed by atoms with Crippen LogP contribution in [0.25, 0.3) is 0 Å². The summed E-state index contributed by atoms with van der Waals surface area (Å²) in [4.78, 5) is 0.